The van der Waals surface area contributed by atoms with Gasteiger partial charge in [0.2, 0.25) is 0 Å². The third-order valence-electron chi connectivity index (χ3n) is 3.79. The van der Waals surface area contributed by atoms with Crippen molar-refractivity contribution in [2.75, 3.05) is 0 Å². The third kappa shape index (κ3) is 3.66. The van der Waals surface area contributed by atoms with Crippen LogP contribution < -0.4 is 0 Å². The summed E-state index contributed by atoms with van der Waals surface area (Å²) in [5.41, 5.74) is 0.943. The predicted molar refractivity (Wildman–Crippen MR) is 79.3 cm³/mol. The molecule has 1 fully saturated rings. The summed E-state index contributed by atoms with van der Waals surface area (Å²) in [5, 5.41) is 9.26. The molecule has 0 amide bonds. The maximum absolute atomic E-state index is 12.4. The van der Waals surface area contributed by atoms with E-state index in [1.54, 1.807) is 6.07 Å². The second-order valence-corrected chi connectivity index (χ2v) is 8.39. The first kappa shape index (κ1) is 14.7. The van der Waals surface area contributed by atoms with E-state index in [2.05, 4.69) is 6.92 Å². The zero-order valence-corrected chi connectivity index (χ0v) is 13.0. The molecule has 1 aliphatic rings. The van der Waals surface area contributed by atoms with E-state index in [-0.39, 0.29) is 5.25 Å². The lowest BCUT2D eigenvalue weighted by atomic mass is 9.91. The van der Waals surface area contributed by atoms with Gasteiger partial charge >= 0.3 is 5.97 Å². The molecule has 1 N–H and O–H groups in total. The summed E-state index contributed by atoms with van der Waals surface area (Å²) in [6.45, 7) is 4.13. The number of rotatable bonds is 4. The summed E-state index contributed by atoms with van der Waals surface area (Å²) < 4.78 is 12.4. The van der Waals surface area contributed by atoms with Crippen molar-refractivity contribution in [2.24, 2.45) is 5.92 Å². The van der Waals surface area contributed by atoms with E-state index in [4.69, 9.17) is 5.11 Å². The van der Waals surface area contributed by atoms with E-state index in [1.165, 1.54) is 24.2 Å². The number of carboxylic acid groups (broad SMARTS) is 1. The van der Waals surface area contributed by atoms with Gasteiger partial charge in [0.1, 0.15) is 4.88 Å². The van der Waals surface area contributed by atoms with Crippen LogP contribution in [0.4, 0.5) is 0 Å². The minimum Gasteiger partial charge on any atom is -0.477 e. The van der Waals surface area contributed by atoms with E-state index in [9.17, 15) is 9.00 Å². The van der Waals surface area contributed by atoms with Crippen molar-refractivity contribution in [3.8, 4) is 0 Å². The number of aromatic carboxylic acids is 1. The fourth-order valence-electron chi connectivity index (χ4n) is 2.66. The van der Waals surface area contributed by atoms with Gasteiger partial charge in [0, 0.05) is 26.7 Å². The van der Waals surface area contributed by atoms with Crippen LogP contribution in [0, 0.1) is 12.8 Å². The Balaban J connectivity index is 2.04. The van der Waals surface area contributed by atoms with Crippen LogP contribution in [-0.2, 0) is 16.6 Å². The normalized spacial score (nSPS) is 25.2. The summed E-state index contributed by atoms with van der Waals surface area (Å²) in [6, 6.07) is 1.69. The van der Waals surface area contributed by atoms with Crippen LogP contribution >= 0.6 is 11.3 Å². The van der Waals surface area contributed by atoms with Crippen molar-refractivity contribution < 1.29 is 14.1 Å². The van der Waals surface area contributed by atoms with Crippen LogP contribution in [0.1, 0.15) is 52.7 Å². The van der Waals surface area contributed by atoms with Crippen molar-refractivity contribution in [1.82, 2.24) is 0 Å². The number of hydrogen-bond acceptors (Lipinski definition) is 3. The van der Waals surface area contributed by atoms with Gasteiger partial charge in [-0.2, -0.15) is 0 Å². The molecule has 106 valence electrons. The lowest BCUT2D eigenvalue weighted by Gasteiger charge is -2.26. The first-order valence-electron chi connectivity index (χ1n) is 6.67. The van der Waals surface area contributed by atoms with E-state index >= 15 is 0 Å². The van der Waals surface area contributed by atoms with Crippen LogP contribution in [0.2, 0.25) is 0 Å². The molecule has 0 radical (unpaired) electrons. The average molecular weight is 300 g/mol. The van der Waals surface area contributed by atoms with Crippen LogP contribution in [0.25, 0.3) is 0 Å². The van der Waals surface area contributed by atoms with Crippen molar-refractivity contribution in [1.29, 1.82) is 0 Å². The Bertz CT molecular complexity index is 493. The van der Waals surface area contributed by atoms with Gasteiger partial charge in [-0.25, -0.2) is 4.79 Å². The zero-order chi connectivity index (χ0) is 14.0. The quantitative estimate of drug-likeness (QED) is 0.924. The number of aryl methyl sites for hydroxylation is 1. The standard InChI is InChI=1S/C14H20O3S2/c1-9-4-3-5-12(6-9)19(17)8-11-7-13(14(15)16)18-10(11)2/h7,9,12H,3-6,8H2,1-2H3,(H,15,16). The number of carbonyl (C=O) groups is 1. The van der Waals surface area contributed by atoms with E-state index in [0.29, 0.717) is 16.5 Å². The van der Waals surface area contributed by atoms with E-state index in [0.717, 1.165) is 23.3 Å². The molecule has 0 saturated heterocycles. The van der Waals surface area contributed by atoms with Gasteiger partial charge in [-0.05, 0) is 37.3 Å². The summed E-state index contributed by atoms with van der Waals surface area (Å²) >= 11 is 1.28. The minimum absolute atomic E-state index is 0.288. The maximum atomic E-state index is 12.4. The molecule has 1 aromatic heterocycles. The van der Waals surface area contributed by atoms with Crippen LogP contribution in [0.5, 0.6) is 0 Å². The lowest BCUT2D eigenvalue weighted by Crippen LogP contribution is -2.24. The van der Waals surface area contributed by atoms with Gasteiger partial charge in [-0.15, -0.1) is 11.3 Å². The fourth-order valence-corrected chi connectivity index (χ4v) is 5.44. The van der Waals surface area contributed by atoms with Gasteiger partial charge in [0.25, 0.3) is 0 Å². The average Bonchev–Trinajstić information content (AvgIpc) is 2.71. The van der Waals surface area contributed by atoms with Crippen LogP contribution in [0.15, 0.2) is 6.07 Å². The third-order valence-corrected chi connectivity index (χ3v) is 6.64. The number of hydrogen-bond donors (Lipinski definition) is 1. The monoisotopic (exact) mass is 300 g/mol. The van der Waals surface area contributed by atoms with Gasteiger partial charge in [-0.1, -0.05) is 19.8 Å². The van der Waals surface area contributed by atoms with Gasteiger partial charge in [0.15, 0.2) is 0 Å². The van der Waals surface area contributed by atoms with Crippen molar-refractivity contribution in [2.45, 2.75) is 50.5 Å². The molecular weight excluding hydrogens is 280 g/mol. The molecular formula is C14H20O3S2. The molecule has 1 aromatic rings. The van der Waals surface area contributed by atoms with Crippen LogP contribution in [-0.4, -0.2) is 20.5 Å². The molecule has 3 atom stereocenters. The second-order valence-electron chi connectivity index (χ2n) is 5.42. The molecule has 1 aliphatic carbocycles. The van der Waals surface area contributed by atoms with Crippen molar-refractivity contribution in [3.63, 3.8) is 0 Å². The summed E-state index contributed by atoms with van der Waals surface area (Å²) in [5.74, 6) is 0.282. The maximum Gasteiger partial charge on any atom is 0.345 e. The van der Waals surface area contributed by atoms with Gasteiger partial charge in [0.05, 0.1) is 0 Å². The van der Waals surface area contributed by atoms with Crippen molar-refractivity contribution >= 4 is 28.1 Å². The molecule has 2 rings (SSSR count). The van der Waals surface area contributed by atoms with Crippen LogP contribution in [0.3, 0.4) is 0 Å². The summed E-state index contributed by atoms with van der Waals surface area (Å²) in [6.07, 6.45) is 4.50. The second kappa shape index (κ2) is 6.18. The van der Waals surface area contributed by atoms with Gasteiger partial charge in [-0.3, -0.25) is 4.21 Å². The Morgan fingerprint density at radius 1 is 1.53 bits per heavy atom. The molecule has 0 aromatic carbocycles. The molecule has 5 heteroatoms. The van der Waals surface area contributed by atoms with E-state index < -0.39 is 16.8 Å². The fraction of sp³-hybridized carbons (Fsp3) is 0.643. The molecule has 3 nitrogen and oxygen atoms in total. The Morgan fingerprint density at radius 2 is 2.26 bits per heavy atom. The zero-order valence-electron chi connectivity index (χ0n) is 11.3. The highest BCUT2D eigenvalue weighted by Crippen LogP contribution is 2.30. The first-order chi connectivity index (χ1) is 8.97. The largest absolute Gasteiger partial charge is 0.477 e. The van der Waals surface area contributed by atoms with E-state index in [1.807, 2.05) is 6.92 Å². The molecule has 1 saturated carbocycles. The Labute approximate surface area is 120 Å². The molecule has 0 bridgehead atoms. The highest BCUT2D eigenvalue weighted by atomic mass is 32.2. The van der Waals surface area contributed by atoms with Gasteiger partial charge < -0.3 is 5.11 Å². The summed E-state index contributed by atoms with van der Waals surface area (Å²) in [4.78, 5) is 12.3. The molecule has 0 aliphatic heterocycles. The smallest absolute Gasteiger partial charge is 0.345 e. The number of carboxylic acids is 1. The highest BCUT2D eigenvalue weighted by molar-refractivity contribution is 7.84. The van der Waals surface area contributed by atoms with Crippen molar-refractivity contribution in [3.05, 3.63) is 21.4 Å². The Hall–Kier alpha value is -0.680. The SMILES string of the molecule is Cc1sc(C(=O)O)cc1CS(=O)C1CCCC(C)C1. The highest BCUT2D eigenvalue weighted by Gasteiger charge is 2.25. The Kier molecular flexibility index (Phi) is 4.79. The predicted octanol–water partition coefficient (Wildman–Crippen LogP) is 3.58. The molecule has 1 heterocycles. The molecule has 3 unspecified atom stereocenters. The summed E-state index contributed by atoms with van der Waals surface area (Å²) in [7, 11) is -0.875. The first-order valence-corrected chi connectivity index (χ1v) is 8.87. The molecule has 0 spiro atoms. The number of thiophene rings is 1. The lowest BCUT2D eigenvalue weighted by molar-refractivity contribution is 0.0702. The topological polar surface area (TPSA) is 54.4 Å². The Morgan fingerprint density at radius 3 is 2.84 bits per heavy atom. The minimum atomic E-state index is -0.892. The molecule has 19 heavy (non-hydrogen) atoms.